The van der Waals surface area contributed by atoms with Crippen LogP contribution in [0.3, 0.4) is 0 Å². The van der Waals surface area contributed by atoms with Crippen LogP contribution in [0.2, 0.25) is 0 Å². The Labute approximate surface area is 80.3 Å². The van der Waals surface area contributed by atoms with Gasteiger partial charge in [-0.15, -0.1) is 0 Å². The van der Waals surface area contributed by atoms with Gasteiger partial charge in [-0.2, -0.15) is 0 Å². The fourth-order valence-corrected chi connectivity index (χ4v) is 1.38. The largest absolute Gasteiger partial charge is 0.507 e. The molecule has 1 rings (SSSR count). The summed E-state index contributed by atoms with van der Waals surface area (Å²) in [5, 5.41) is 9.35. The molecule has 0 amide bonds. The third kappa shape index (κ3) is 1.72. The number of halogens is 1. The maximum absolute atomic E-state index is 9.35. The zero-order valence-electron chi connectivity index (χ0n) is 7.10. The maximum Gasteiger partial charge on any atom is 0.130 e. The van der Waals surface area contributed by atoms with Gasteiger partial charge in [0.2, 0.25) is 0 Å². The zero-order valence-corrected chi connectivity index (χ0v) is 8.68. The summed E-state index contributed by atoms with van der Waals surface area (Å²) in [6, 6.07) is 3.48. The van der Waals surface area contributed by atoms with Crippen molar-refractivity contribution in [3.05, 3.63) is 22.2 Å². The highest BCUT2D eigenvalue weighted by atomic mass is 79.9. The highest BCUT2D eigenvalue weighted by molar-refractivity contribution is 9.10. The summed E-state index contributed by atoms with van der Waals surface area (Å²) >= 11 is 3.22. The van der Waals surface area contributed by atoms with E-state index < -0.39 is 0 Å². The predicted octanol–water partition coefficient (Wildman–Crippen LogP) is 2.73. The summed E-state index contributed by atoms with van der Waals surface area (Å²) in [4.78, 5) is 0. The lowest BCUT2D eigenvalue weighted by atomic mass is 10.1. The summed E-state index contributed by atoms with van der Waals surface area (Å²) in [5.74, 6) is 1.06. The number of hydrogen-bond donors (Lipinski definition) is 1. The van der Waals surface area contributed by atoms with E-state index in [1.54, 1.807) is 19.2 Å². The number of methoxy groups -OCH3 is 1. The minimum Gasteiger partial charge on any atom is -0.507 e. The molecule has 0 aliphatic rings. The van der Waals surface area contributed by atoms with Crippen molar-refractivity contribution >= 4 is 15.9 Å². The van der Waals surface area contributed by atoms with Crippen LogP contribution in [0.4, 0.5) is 0 Å². The third-order valence-electron chi connectivity index (χ3n) is 1.73. The van der Waals surface area contributed by atoms with Crippen molar-refractivity contribution < 1.29 is 9.84 Å². The second kappa shape index (κ2) is 3.81. The highest BCUT2D eigenvalue weighted by Gasteiger charge is 2.05. The normalized spacial score (nSPS) is 9.92. The van der Waals surface area contributed by atoms with Crippen LogP contribution in [0, 0.1) is 0 Å². The summed E-state index contributed by atoms with van der Waals surface area (Å²) < 4.78 is 5.79. The SMILES string of the molecule is CCc1cc(O)c(Br)cc1OC. The van der Waals surface area contributed by atoms with Crippen molar-refractivity contribution in [1.82, 2.24) is 0 Å². The first kappa shape index (κ1) is 9.39. The number of aromatic hydroxyl groups is 1. The molecule has 0 fully saturated rings. The average molecular weight is 231 g/mol. The summed E-state index contributed by atoms with van der Waals surface area (Å²) in [6.45, 7) is 2.02. The van der Waals surface area contributed by atoms with Crippen LogP contribution in [0.25, 0.3) is 0 Å². The van der Waals surface area contributed by atoms with Gasteiger partial charge in [0.05, 0.1) is 11.6 Å². The number of rotatable bonds is 2. The molecule has 12 heavy (non-hydrogen) atoms. The molecule has 0 heterocycles. The van der Waals surface area contributed by atoms with E-state index in [9.17, 15) is 5.11 Å². The van der Waals surface area contributed by atoms with Crippen molar-refractivity contribution in [2.75, 3.05) is 7.11 Å². The number of ether oxygens (including phenoxy) is 1. The van der Waals surface area contributed by atoms with Gasteiger partial charge in [-0.25, -0.2) is 0 Å². The lowest BCUT2D eigenvalue weighted by molar-refractivity contribution is 0.406. The van der Waals surface area contributed by atoms with E-state index in [4.69, 9.17) is 4.74 Å². The van der Waals surface area contributed by atoms with E-state index >= 15 is 0 Å². The fraction of sp³-hybridized carbons (Fsp3) is 0.333. The first-order valence-corrected chi connectivity index (χ1v) is 4.53. The molecule has 0 radical (unpaired) electrons. The number of hydrogen-bond acceptors (Lipinski definition) is 2. The van der Waals surface area contributed by atoms with Crippen molar-refractivity contribution in [2.45, 2.75) is 13.3 Å². The molecule has 0 aromatic heterocycles. The number of benzene rings is 1. The Morgan fingerprint density at radius 1 is 1.50 bits per heavy atom. The maximum atomic E-state index is 9.35. The Balaban J connectivity index is 3.19. The molecule has 0 bridgehead atoms. The van der Waals surface area contributed by atoms with E-state index in [1.165, 1.54) is 0 Å². The summed E-state index contributed by atoms with van der Waals surface area (Å²) in [6.07, 6.45) is 0.851. The molecule has 0 spiro atoms. The van der Waals surface area contributed by atoms with Crippen LogP contribution >= 0.6 is 15.9 Å². The average Bonchev–Trinajstić information content (AvgIpc) is 2.09. The van der Waals surface area contributed by atoms with Gasteiger partial charge in [-0.3, -0.25) is 0 Å². The lowest BCUT2D eigenvalue weighted by Gasteiger charge is -2.07. The zero-order chi connectivity index (χ0) is 9.14. The molecule has 1 aromatic carbocycles. The van der Waals surface area contributed by atoms with Crippen LogP contribution < -0.4 is 4.74 Å². The minimum absolute atomic E-state index is 0.257. The molecule has 3 heteroatoms. The molecule has 1 aromatic rings. The van der Waals surface area contributed by atoms with E-state index in [1.807, 2.05) is 6.92 Å². The second-order valence-corrected chi connectivity index (χ2v) is 3.32. The Bertz CT molecular complexity index is 255. The standard InChI is InChI=1S/C9H11BrO2/c1-3-6-4-8(11)7(10)5-9(6)12-2/h4-5,11H,3H2,1-2H3. The molecule has 1 N–H and O–H groups in total. The number of phenols is 1. The van der Waals surface area contributed by atoms with Crippen LogP contribution in [-0.4, -0.2) is 12.2 Å². The van der Waals surface area contributed by atoms with Gasteiger partial charge in [-0.1, -0.05) is 6.92 Å². The Morgan fingerprint density at radius 3 is 2.67 bits per heavy atom. The van der Waals surface area contributed by atoms with E-state index in [0.29, 0.717) is 4.47 Å². The van der Waals surface area contributed by atoms with Gasteiger partial charge in [0.15, 0.2) is 0 Å². The van der Waals surface area contributed by atoms with Gasteiger partial charge in [-0.05, 0) is 40.0 Å². The van der Waals surface area contributed by atoms with Gasteiger partial charge in [0, 0.05) is 0 Å². The number of aryl methyl sites for hydroxylation is 1. The summed E-state index contributed by atoms with van der Waals surface area (Å²) in [5.41, 5.74) is 1.01. The molecule has 2 nitrogen and oxygen atoms in total. The highest BCUT2D eigenvalue weighted by Crippen LogP contribution is 2.31. The van der Waals surface area contributed by atoms with Crippen LogP contribution in [0.15, 0.2) is 16.6 Å². The van der Waals surface area contributed by atoms with Crippen molar-refractivity contribution in [2.24, 2.45) is 0 Å². The molecule has 0 atom stereocenters. The third-order valence-corrected chi connectivity index (χ3v) is 2.37. The summed E-state index contributed by atoms with van der Waals surface area (Å²) in [7, 11) is 1.62. The molecule has 0 aliphatic carbocycles. The van der Waals surface area contributed by atoms with Gasteiger partial charge in [0.25, 0.3) is 0 Å². The Hall–Kier alpha value is -0.700. The monoisotopic (exact) mass is 230 g/mol. The smallest absolute Gasteiger partial charge is 0.130 e. The fourth-order valence-electron chi connectivity index (χ4n) is 1.05. The Kier molecular flexibility index (Phi) is 2.98. The molecular weight excluding hydrogens is 220 g/mol. The van der Waals surface area contributed by atoms with Crippen molar-refractivity contribution in [1.29, 1.82) is 0 Å². The molecule has 0 saturated carbocycles. The van der Waals surface area contributed by atoms with E-state index in [2.05, 4.69) is 15.9 Å². The molecular formula is C9H11BrO2. The quantitative estimate of drug-likeness (QED) is 0.847. The topological polar surface area (TPSA) is 29.5 Å². The number of phenolic OH excluding ortho intramolecular Hbond substituents is 1. The lowest BCUT2D eigenvalue weighted by Crippen LogP contribution is -1.90. The van der Waals surface area contributed by atoms with Gasteiger partial charge >= 0.3 is 0 Å². The first-order valence-electron chi connectivity index (χ1n) is 3.74. The first-order chi connectivity index (χ1) is 5.69. The molecule has 0 saturated heterocycles. The second-order valence-electron chi connectivity index (χ2n) is 2.47. The van der Waals surface area contributed by atoms with Gasteiger partial charge < -0.3 is 9.84 Å². The van der Waals surface area contributed by atoms with E-state index in [-0.39, 0.29) is 5.75 Å². The van der Waals surface area contributed by atoms with Crippen LogP contribution in [0.1, 0.15) is 12.5 Å². The Morgan fingerprint density at radius 2 is 2.17 bits per heavy atom. The van der Waals surface area contributed by atoms with Crippen LogP contribution in [0.5, 0.6) is 11.5 Å². The molecule has 0 unspecified atom stereocenters. The predicted molar refractivity (Wildman–Crippen MR) is 51.7 cm³/mol. The molecule has 66 valence electrons. The van der Waals surface area contributed by atoms with Crippen molar-refractivity contribution in [3.63, 3.8) is 0 Å². The van der Waals surface area contributed by atoms with E-state index in [0.717, 1.165) is 17.7 Å². The molecule has 0 aliphatic heterocycles. The van der Waals surface area contributed by atoms with Crippen LogP contribution in [-0.2, 0) is 6.42 Å². The van der Waals surface area contributed by atoms with Gasteiger partial charge in [0.1, 0.15) is 11.5 Å². The minimum atomic E-state index is 0.257. The van der Waals surface area contributed by atoms with Crippen molar-refractivity contribution in [3.8, 4) is 11.5 Å².